The molecule has 2 aliphatic heterocycles. The maximum absolute atomic E-state index is 13.2. The highest BCUT2D eigenvalue weighted by Crippen LogP contribution is 2.32. The second-order valence-corrected chi connectivity index (χ2v) is 6.80. The highest BCUT2D eigenvalue weighted by Gasteiger charge is 2.35. The van der Waals surface area contributed by atoms with E-state index in [1.807, 2.05) is 4.90 Å². The quantitative estimate of drug-likeness (QED) is 0.909. The van der Waals surface area contributed by atoms with E-state index in [9.17, 15) is 9.18 Å². The zero-order valence-corrected chi connectivity index (χ0v) is 13.0. The van der Waals surface area contributed by atoms with Gasteiger partial charge in [0.1, 0.15) is 18.2 Å². The number of carbonyl (C=O) groups is 1. The molecule has 2 N–H and O–H groups in total. The molecule has 0 saturated carbocycles. The number of carbonyl (C=O) groups excluding carboxylic acids is 1. The Morgan fingerprint density at radius 2 is 2.18 bits per heavy atom. The Hall–Kier alpha value is -1.62. The maximum atomic E-state index is 13.2. The van der Waals surface area contributed by atoms with Gasteiger partial charge in [-0.3, -0.25) is 4.79 Å². The van der Waals surface area contributed by atoms with Gasteiger partial charge in [0.25, 0.3) is 0 Å². The Bertz CT molecular complexity index is 568. The number of ether oxygens (including phenoxy) is 1. The molecule has 0 radical (unpaired) electrons. The zero-order chi connectivity index (χ0) is 15.7. The van der Waals surface area contributed by atoms with E-state index in [1.165, 1.54) is 12.1 Å². The lowest BCUT2D eigenvalue weighted by Crippen LogP contribution is -2.48. The average Bonchev–Trinajstić information content (AvgIpc) is 2.54. The van der Waals surface area contributed by atoms with Crippen LogP contribution in [0.1, 0.15) is 25.3 Å². The van der Waals surface area contributed by atoms with Gasteiger partial charge in [0.05, 0.1) is 5.92 Å². The van der Waals surface area contributed by atoms with Gasteiger partial charge in [0.2, 0.25) is 5.91 Å². The molecule has 2 aliphatic rings. The Morgan fingerprint density at radius 3 is 2.86 bits per heavy atom. The third kappa shape index (κ3) is 2.95. The fourth-order valence-electron chi connectivity index (χ4n) is 3.23. The topological polar surface area (TPSA) is 55.6 Å². The molecule has 4 nitrogen and oxygen atoms in total. The van der Waals surface area contributed by atoms with Crippen LogP contribution in [-0.4, -0.2) is 37.0 Å². The smallest absolute Gasteiger partial charge is 0.229 e. The van der Waals surface area contributed by atoms with E-state index >= 15 is 0 Å². The summed E-state index contributed by atoms with van der Waals surface area (Å²) >= 11 is 0. The van der Waals surface area contributed by atoms with Crippen molar-refractivity contribution in [1.82, 2.24) is 4.90 Å². The molecule has 2 heterocycles. The first-order valence-corrected chi connectivity index (χ1v) is 7.91. The molecule has 0 spiro atoms. The Morgan fingerprint density at radius 1 is 1.45 bits per heavy atom. The van der Waals surface area contributed by atoms with Crippen molar-refractivity contribution in [3.63, 3.8) is 0 Å². The van der Waals surface area contributed by atoms with Crippen LogP contribution >= 0.6 is 0 Å². The fraction of sp³-hybridized carbons (Fsp3) is 0.588. The Kier molecular flexibility index (Phi) is 4.08. The number of nitrogens with two attached hydrogens (primary N) is 1. The van der Waals surface area contributed by atoms with Gasteiger partial charge in [-0.2, -0.15) is 0 Å². The number of piperidine rings is 1. The third-order valence-corrected chi connectivity index (χ3v) is 5.06. The molecule has 1 saturated heterocycles. The second-order valence-electron chi connectivity index (χ2n) is 6.80. The number of halogens is 1. The van der Waals surface area contributed by atoms with Gasteiger partial charge in [-0.15, -0.1) is 0 Å². The van der Waals surface area contributed by atoms with Gasteiger partial charge >= 0.3 is 0 Å². The molecular formula is C17H23FN2O2. The summed E-state index contributed by atoms with van der Waals surface area (Å²) in [5.74, 6) is 0.244. The zero-order valence-electron chi connectivity index (χ0n) is 13.0. The van der Waals surface area contributed by atoms with E-state index in [-0.39, 0.29) is 23.1 Å². The van der Waals surface area contributed by atoms with E-state index in [1.54, 1.807) is 6.07 Å². The van der Waals surface area contributed by atoms with Gasteiger partial charge in [0, 0.05) is 19.2 Å². The van der Waals surface area contributed by atoms with E-state index in [2.05, 4.69) is 6.92 Å². The molecular weight excluding hydrogens is 283 g/mol. The molecule has 1 aromatic carbocycles. The molecule has 1 atom stereocenters. The highest BCUT2D eigenvalue weighted by atomic mass is 19.1. The minimum atomic E-state index is -0.305. The van der Waals surface area contributed by atoms with Crippen LogP contribution in [0.5, 0.6) is 5.75 Å². The molecule has 0 aromatic heterocycles. The molecule has 5 heteroatoms. The van der Waals surface area contributed by atoms with Crippen LogP contribution in [-0.2, 0) is 11.2 Å². The number of likely N-dealkylation sites (tertiary alicyclic amines) is 1. The van der Waals surface area contributed by atoms with Crippen LogP contribution in [0.4, 0.5) is 4.39 Å². The Balaban J connectivity index is 1.64. The van der Waals surface area contributed by atoms with Crippen LogP contribution in [0.25, 0.3) is 0 Å². The largest absolute Gasteiger partial charge is 0.492 e. The summed E-state index contributed by atoms with van der Waals surface area (Å²) in [6.45, 7) is 4.71. The van der Waals surface area contributed by atoms with Gasteiger partial charge in [-0.1, -0.05) is 13.0 Å². The number of amides is 1. The molecule has 22 heavy (non-hydrogen) atoms. The van der Waals surface area contributed by atoms with Crippen molar-refractivity contribution >= 4 is 5.91 Å². The van der Waals surface area contributed by atoms with E-state index in [0.29, 0.717) is 25.3 Å². The third-order valence-electron chi connectivity index (χ3n) is 5.06. The SMILES string of the molecule is CC1(CN)CCN(C(=O)[C@@H]2COc3cc(F)ccc3C2)CC1. The van der Waals surface area contributed by atoms with Gasteiger partial charge < -0.3 is 15.4 Å². The minimum Gasteiger partial charge on any atom is -0.492 e. The molecule has 3 rings (SSSR count). The van der Waals surface area contributed by atoms with Crippen molar-refractivity contribution in [3.8, 4) is 5.75 Å². The number of hydrogen-bond donors (Lipinski definition) is 1. The summed E-state index contributed by atoms with van der Waals surface area (Å²) in [6, 6.07) is 4.53. The lowest BCUT2D eigenvalue weighted by Gasteiger charge is -2.40. The van der Waals surface area contributed by atoms with Crippen molar-refractivity contribution in [2.24, 2.45) is 17.1 Å². The lowest BCUT2D eigenvalue weighted by molar-refractivity contribution is -0.139. The van der Waals surface area contributed by atoms with Crippen molar-refractivity contribution in [2.75, 3.05) is 26.2 Å². The van der Waals surface area contributed by atoms with Crippen molar-refractivity contribution in [1.29, 1.82) is 0 Å². The predicted octanol–water partition coefficient (Wildman–Crippen LogP) is 1.96. The first-order chi connectivity index (χ1) is 10.5. The number of rotatable bonds is 2. The summed E-state index contributed by atoms with van der Waals surface area (Å²) < 4.78 is 18.8. The molecule has 120 valence electrons. The fourth-order valence-corrected chi connectivity index (χ4v) is 3.23. The van der Waals surface area contributed by atoms with Crippen LogP contribution in [0.15, 0.2) is 18.2 Å². The van der Waals surface area contributed by atoms with E-state index in [0.717, 1.165) is 31.5 Å². The summed E-state index contributed by atoms with van der Waals surface area (Å²) in [5, 5.41) is 0. The predicted molar refractivity (Wildman–Crippen MR) is 82.1 cm³/mol. The minimum absolute atomic E-state index is 0.147. The summed E-state index contributed by atoms with van der Waals surface area (Å²) in [5.41, 5.74) is 6.88. The number of hydrogen-bond acceptors (Lipinski definition) is 3. The van der Waals surface area contributed by atoms with Crippen LogP contribution < -0.4 is 10.5 Å². The maximum Gasteiger partial charge on any atom is 0.229 e. The molecule has 0 aliphatic carbocycles. The van der Waals surface area contributed by atoms with Gasteiger partial charge in [0.15, 0.2) is 0 Å². The van der Waals surface area contributed by atoms with E-state index < -0.39 is 0 Å². The van der Waals surface area contributed by atoms with Crippen LogP contribution in [0, 0.1) is 17.2 Å². The van der Waals surface area contributed by atoms with Crippen molar-refractivity contribution < 1.29 is 13.9 Å². The molecule has 1 amide bonds. The first-order valence-electron chi connectivity index (χ1n) is 7.91. The van der Waals surface area contributed by atoms with Crippen LogP contribution in [0.3, 0.4) is 0 Å². The van der Waals surface area contributed by atoms with E-state index in [4.69, 9.17) is 10.5 Å². The second kappa shape index (κ2) is 5.88. The normalized spacial score (nSPS) is 23.6. The summed E-state index contributed by atoms with van der Waals surface area (Å²) in [7, 11) is 0. The number of benzene rings is 1. The average molecular weight is 306 g/mol. The highest BCUT2D eigenvalue weighted by molar-refractivity contribution is 5.80. The Labute approximate surface area is 130 Å². The monoisotopic (exact) mass is 306 g/mol. The van der Waals surface area contributed by atoms with Crippen LogP contribution in [0.2, 0.25) is 0 Å². The molecule has 0 bridgehead atoms. The summed E-state index contributed by atoms with van der Waals surface area (Å²) in [6.07, 6.45) is 2.52. The van der Waals surface area contributed by atoms with Crippen molar-refractivity contribution in [2.45, 2.75) is 26.2 Å². The standard InChI is InChI=1S/C17H23FN2O2/c1-17(11-19)4-6-20(7-5-17)16(21)13-8-12-2-3-14(18)9-15(12)22-10-13/h2-3,9,13H,4-8,10-11,19H2,1H3/t13-/m0/s1. The van der Waals surface area contributed by atoms with Crippen molar-refractivity contribution in [3.05, 3.63) is 29.6 Å². The number of fused-ring (bicyclic) bond motifs is 1. The lowest BCUT2D eigenvalue weighted by atomic mass is 9.80. The molecule has 1 fully saturated rings. The van der Waals surface area contributed by atoms with Gasteiger partial charge in [-0.25, -0.2) is 4.39 Å². The molecule has 1 aromatic rings. The number of nitrogens with zero attached hydrogens (tertiary/aromatic N) is 1. The first kappa shape index (κ1) is 15.3. The summed E-state index contributed by atoms with van der Waals surface area (Å²) in [4.78, 5) is 14.6. The van der Waals surface area contributed by atoms with Gasteiger partial charge in [-0.05, 0) is 42.9 Å². The molecule has 0 unspecified atom stereocenters.